The maximum absolute atomic E-state index is 9.75. The molecule has 0 N–H and O–H groups in total. The lowest BCUT2D eigenvalue weighted by Gasteiger charge is -2.18. The Morgan fingerprint density at radius 1 is 0.406 bits per heavy atom. The van der Waals surface area contributed by atoms with Gasteiger partial charge in [-0.1, -0.05) is 32.9 Å². The Morgan fingerprint density at radius 2 is 0.754 bits per heavy atom. The van der Waals surface area contributed by atoms with Crippen LogP contribution in [0.5, 0.6) is 0 Å². The van der Waals surface area contributed by atoms with Gasteiger partial charge in [0.15, 0.2) is 29.6 Å². The zero-order valence-electron chi connectivity index (χ0n) is 37.8. The Hall–Kier alpha value is -6.54. The number of nitrogens with zero attached hydrogens (tertiary/aromatic N) is 5. The summed E-state index contributed by atoms with van der Waals surface area (Å²) in [6.07, 6.45) is 6.37. The van der Waals surface area contributed by atoms with E-state index in [1.165, 1.54) is 60.7 Å². The largest absolute Gasteiger partial charge is 0.673 e. The van der Waals surface area contributed by atoms with Crippen LogP contribution in [0.4, 0.5) is 69.1 Å². The number of hydrogen-bond acceptors (Lipinski definition) is 0. The van der Waals surface area contributed by atoms with Crippen LogP contribution in [-0.4, -0.2) is 33.6 Å². The van der Waals surface area contributed by atoms with Crippen molar-refractivity contribution in [2.45, 2.75) is 26.2 Å². The Bertz CT molecular complexity index is 2970. The molecule has 25 heteroatoms. The molecule has 0 fully saturated rings. The molecule has 4 aromatic heterocycles. The van der Waals surface area contributed by atoms with Crippen LogP contribution in [0.1, 0.15) is 26.3 Å². The van der Waals surface area contributed by atoms with Gasteiger partial charge in [-0.2, -0.15) is 9.13 Å². The summed E-state index contributed by atoms with van der Waals surface area (Å²) in [4.78, 5) is 0. The molecule has 8 rings (SSSR count). The molecule has 0 aliphatic rings. The van der Waals surface area contributed by atoms with E-state index in [0.29, 0.717) is 0 Å². The molecule has 4 aromatic carbocycles. The first-order valence-corrected chi connectivity index (χ1v) is 20.5. The number of aromatic nitrogens is 5. The quantitative estimate of drug-likeness (QED) is 0.0725. The highest BCUT2D eigenvalue weighted by Gasteiger charge is 2.35. The third-order valence-corrected chi connectivity index (χ3v) is 10.1. The van der Waals surface area contributed by atoms with E-state index in [2.05, 4.69) is 206 Å². The Labute approximate surface area is 386 Å². The molecule has 0 atom stereocenters. The minimum Gasteiger partial charge on any atom is -0.418 e. The number of fused-ring (bicyclic) bond motifs is 6. The Morgan fingerprint density at radius 3 is 1.12 bits per heavy atom. The van der Waals surface area contributed by atoms with Crippen LogP contribution >= 0.6 is 0 Å². The second kappa shape index (κ2) is 21.4. The number of rotatable bonds is 4. The van der Waals surface area contributed by atoms with Crippen molar-refractivity contribution < 1.29 is 87.3 Å². The summed E-state index contributed by atoms with van der Waals surface area (Å²) in [5, 5.41) is 4.93. The van der Waals surface area contributed by atoms with E-state index < -0.39 is 29.0 Å². The first kappa shape index (κ1) is 55.1. The van der Waals surface area contributed by atoms with Gasteiger partial charge in [-0.05, 0) is 88.5 Å². The van der Waals surface area contributed by atoms with Crippen LogP contribution in [-0.2, 0) is 33.6 Å². The van der Waals surface area contributed by atoms with E-state index >= 15 is 0 Å². The minimum absolute atomic E-state index is 0.0661. The van der Waals surface area contributed by atoms with Crippen LogP contribution in [0.25, 0.3) is 72.3 Å². The standard InChI is InChI=1S/C44H43N5.4BF4/c1-44(2,3)32-19-21-33(22-20-32)49-42-35-24-18-31(39-15-9-12-26-46(39)5)29-37(35)36-28-30(38-14-8-11-25-45(38)4)17-23-34(36)41(42)48(7)43(49)40-16-10-13-27-47(40)6;4*2-1(3,4)5/h8-29H,1-7H3;;;;/q+4;4*-1. The van der Waals surface area contributed by atoms with Crippen molar-refractivity contribution in [1.82, 2.24) is 4.57 Å². The molecule has 0 aliphatic heterocycles. The second-order valence-electron chi connectivity index (χ2n) is 16.3. The topological polar surface area (TPSA) is 20.4 Å². The number of hydrogen-bond donors (Lipinski definition) is 0. The van der Waals surface area contributed by atoms with E-state index in [0.717, 1.165) is 17.2 Å². The first-order valence-electron chi connectivity index (χ1n) is 20.5. The summed E-state index contributed by atoms with van der Waals surface area (Å²) >= 11 is 0. The van der Waals surface area contributed by atoms with Gasteiger partial charge in [0.1, 0.15) is 26.8 Å². The summed E-state index contributed by atoms with van der Waals surface area (Å²) in [6, 6.07) is 42.4. The van der Waals surface area contributed by atoms with Crippen LogP contribution < -0.4 is 18.3 Å². The minimum atomic E-state index is -6.00. The number of benzene rings is 4. The van der Waals surface area contributed by atoms with Crippen molar-refractivity contribution >= 4 is 61.6 Å². The van der Waals surface area contributed by atoms with Gasteiger partial charge in [0, 0.05) is 58.3 Å². The van der Waals surface area contributed by atoms with Crippen molar-refractivity contribution in [2.24, 2.45) is 28.2 Å². The SMILES string of the molecule is C[n+]1ccccc1-c1ccc2c(c1)c1cc(-c3cccc[n+]3C)ccc1c1c2n(-c2ccc(C(C)(C)C)cc2)c(-c2cccc[n+]2C)[n+]1C.F[B-](F)(F)F.F[B-](F)(F)F.F[B-](F)(F)F.F[B-](F)(F)F. The van der Waals surface area contributed by atoms with Crippen LogP contribution in [0.3, 0.4) is 0 Å². The van der Waals surface area contributed by atoms with Crippen LogP contribution in [0.15, 0.2) is 134 Å². The second-order valence-corrected chi connectivity index (χ2v) is 16.3. The molecular formula is C44H43B4F16N5. The molecule has 0 saturated carbocycles. The molecule has 0 radical (unpaired) electrons. The lowest BCUT2D eigenvalue weighted by Crippen LogP contribution is -2.38. The zero-order chi connectivity index (χ0) is 52.0. The third-order valence-electron chi connectivity index (χ3n) is 10.1. The van der Waals surface area contributed by atoms with E-state index in [1.807, 2.05) is 0 Å². The van der Waals surface area contributed by atoms with Crippen molar-refractivity contribution in [1.29, 1.82) is 0 Å². The van der Waals surface area contributed by atoms with E-state index in [4.69, 9.17) is 0 Å². The molecule has 69 heavy (non-hydrogen) atoms. The molecule has 5 nitrogen and oxygen atoms in total. The summed E-state index contributed by atoms with van der Waals surface area (Å²) in [5.41, 5.74) is 10.8. The monoisotopic (exact) mass is 989 g/mol. The smallest absolute Gasteiger partial charge is 0.418 e. The highest BCUT2D eigenvalue weighted by molar-refractivity contribution is 6.51. The predicted octanol–water partition coefficient (Wildman–Crippen LogP) is 12.7. The molecule has 0 aliphatic carbocycles. The molecule has 0 spiro atoms. The van der Waals surface area contributed by atoms with Crippen LogP contribution in [0, 0.1) is 0 Å². The van der Waals surface area contributed by atoms with Crippen molar-refractivity contribution in [3.05, 3.63) is 139 Å². The van der Waals surface area contributed by atoms with E-state index in [1.54, 1.807) is 0 Å². The Kier molecular flexibility index (Phi) is 17.1. The molecule has 4 heterocycles. The van der Waals surface area contributed by atoms with Gasteiger partial charge in [0.05, 0.1) is 7.05 Å². The fourth-order valence-electron chi connectivity index (χ4n) is 7.50. The number of imidazole rings is 1. The van der Waals surface area contributed by atoms with E-state index in [-0.39, 0.29) is 5.41 Å². The van der Waals surface area contributed by atoms with Gasteiger partial charge >= 0.3 is 34.8 Å². The van der Waals surface area contributed by atoms with Gasteiger partial charge in [-0.25, -0.2) is 13.7 Å². The third kappa shape index (κ3) is 16.0. The number of pyridine rings is 3. The predicted molar refractivity (Wildman–Crippen MR) is 239 cm³/mol. The van der Waals surface area contributed by atoms with Gasteiger partial charge in [-0.3, -0.25) is 0 Å². The maximum atomic E-state index is 9.75. The summed E-state index contributed by atoms with van der Waals surface area (Å²) in [5.74, 6) is 1.13. The van der Waals surface area contributed by atoms with Gasteiger partial charge in [-0.15, -0.1) is 0 Å². The molecule has 0 unspecified atom stereocenters. The summed E-state index contributed by atoms with van der Waals surface area (Å²) < 4.78 is 167. The molecule has 0 amide bonds. The summed E-state index contributed by atoms with van der Waals surface area (Å²) in [7, 11) is -15.4. The number of halogens is 16. The van der Waals surface area contributed by atoms with Crippen molar-refractivity contribution in [2.75, 3.05) is 0 Å². The summed E-state index contributed by atoms with van der Waals surface area (Å²) in [6.45, 7) is 6.82. The van der Waals surface area contributed by atoms with Crippen LogP contribution in [0.2, 0.25) is 0 Å². The van der Waals surface area contributed by atoms with Gasteiger partial charge < -0.3 is 69.1 Å². The average Bonchev–Trinajstić information content (AvgIpc) is 3.51. The normalized spacial score (nSPS) is 12.0. The Balaban J connectivity index is 0.000000439. The molecular weight excluding hydrogens is 946 g/mol. The number of aryl methyl sites for hydroxylation is 4. The fourth-order valence-corrected chi connectivity index (χ4v) is 7.50. The van der Waals surface area contributed by atoms with Gasteiger partial charge in [0.2, 0.25) is 11.4 Å². The van der Waals surface area contributed by atoms with Crippen molar-refractivity contribution in [3.8, 4) is 39.7 Å². The molecule has 368 valence electrons. The lowest BCUT2D eigenvalue weighted by molar-refractivity contribution is -0.680. The highest BCUT2D eigenvalue weighted by atomic mass is 19.5. The maximum Gasteiger partial charge on any atom is 0.673 e. The first-order chi connectivity index (χ1) is 31.6. The lowest BCUT2D eigenvalue weighted by atomic mass is 9.87. The fraction of sp³-hybridized carbons (Fsp3) is 0.182. The highest BCUT2D eigenvalue weighted by Crippen LogP contribution is 2.40. The van der Waals surface area contributed by atoms with Crippen molar-refractivity contribution in [3.63, 3.8) is 0 Å². The van der Waals surface area contributed by atoms with Gasteiger partial charge in [0.25, 0.3) is 5.69 Å². The molecule has 0 bridgehead atoms. The van der Waals surface area contributed by atoms with E-state index in [9.17, 15) is 69.1 Å². The molecule has 0 saturated heterocycles. The zero-order valence-corrected chi connectivity index (χ0v) is 37.8. The molecule has 8 aromatic rings. The average molecular weight is 989 g/mol.